The van der Waals surface area contributed by atoms with Gasteiger partial charge in [-0.05, 0) is 51.7 Å². The Bertz CT molecular complexity index is 326. The smallest absolute Gasteiger partial charge is 0.105 e. The molecule has 0 atom stereocenters. The lowest BCUT2D eigenvalue weighted by molar-refractivity contribution is 0.175. The summed E-state index contributed by atoms with van der Waals surface area (Å²) in [5.74, 6) is 1.98. The SMILES string of the molecule is Cc1nccn1CCN1CCC(CCN)CC1. The topological polar surface area (TPSA) is 47.1 Å². The van der Waals surface area contributed by atoms with Crippen LogP contribution in [0, 0.1) is 12.8 Å². The van der Waals surface area contributed by atoms with E-state index in [0.29, 0.717) is 0 Å². The van der Waals surface area contributed by atoms with Gasteiger partial charge in [-0.3, -0.25) is 0 Å². The van der Waals surface area contributed by atoms with Crippen LogP contribution < -0.4 is 5.73 Å². The average Bonchev–Trinajstić information content (AvgIpc) is 2.75. The van der Waals surface area contributed by atoms with Gasteiger partial charge in [0.25, 0.3) is 0 Å². The molecule has 0 amide bonds. The molecule has 2 heterocycles. The maximum Gasteiger partial charge on any atom is 0.105 e. The van der Waals surface area contributed by atoms with Crippen LogP contribution in [-0.2, 0) is 6.54 Å². The van der Waals surface area contributed by atoms with Gasteiger partial charge in [0.15, 0.2) is 0 Å². The normalized spacial score (nSPS) is 18.7. The molecule has 4 heteroatoms. The molecule has 0 bridgehead atoms. The number of aryl methyl sites for hydroxylation is 1. The lowest BCUT2D eigenvalue weighted by atomic mass is 9.94. The maximum absolute atomic E-state index is 5.61. The van der Waals surface area contributed by atoms with E-state index >= 15 is 0 Å². The maximum atomic E-state index is 5.61. The van der Waals surface area contributed by atoms with Crippen LogP contribution in [0.3, 0.4) is 0 Å². The minimum absolute atomic E-state index is 0.846. The number of hydrogen-bond donors (Lipinski definition) is 1. The van der Waals surface area contributed by atoms with Crippen molar-refractivity contribution in [2.45, 2.75) is 32.7 Å². The van der Waals surface area contributed by atoms with Crippen LogP contribution in [0.4, 0.5) is 0 Å². The Morgan fingerprint density at radius 2 is 2.12 bits per heavy atom. The van der Waals surface area contributed by atoms with Crippen molar-refractivity contribution < 1.29 is 0 Å². The first-order valence-electron chi connectivity index (χ1n) is 6.69. The van der Waals surface area contributed by atoms with Crippen LogP contribution in [-0.4, -0.2) is 40.6 Å². The summed E-state index contributed by atoms with van der Waals surface area (Å²) >= 11 is 0. The Hall–Kier alpha value is -0.870. The summed E-state index contributed by atoms with van der Waals surface area (Å²) in [5, 5.41) is 0. The van der Waals surface area contributed by atoms with Crippen LogP contribution in [0.2, 0.25) is 0 Å². The zero-order chi connectivity index (χ0) is 12.1. The van der Waals surface area contributed by atoms with Crippen LogP contribution in [0.5, 0.6) is 0 Å². The summed E-state index contributed by atoms with van der Waals surface area (Å²) in [5.41, 5.74) is 5.61. The fourth-order valence-electron chi connectivity index (χ4n) is 2.62. The van der Waals surface area contributed by atoms with Crippen molar-refractivity contribution in [1.82, 2.24) is 14.5 Å². The summed E-state index contributed by atoms with van der Waals surface area (Å²) < 4.78 is 2.23. The minimum Gasteiger partial charge on any atom is -0.334 e. The summed E-state index contributed by atoms with van der Waals surface area (Å²) in [7, 11) is 0. The second kappa shape index (κ2) is 6.17. The highest BCUT2D eigenvalue weighted by Crippen LogP contribution is 2.19. The number of rotatable bonds is 5. The fraction of sp³-hybridized carbons (Fsp3) is 0.769. The molecular weight excluding hydrogens is 212 g/mol. The second-order valence-electron chi connectivity index (χ2n) is 5.03. The van der Waals surface area contributed by atoms with Gasteiger partial charge in [-0.15, -0.1) is 0 Å². The van der Waals surface area contributed by atoms with Gasteiger partial charge in [0.1, 0.15) is 5.82 Å². The van der Waals surface area contributed by atoms with Crippen molar-refractivity contribution >= 4 is 0 Å². The van der Waals surface area contributed by atoms with Crippen LogP contribution >= 0.6 is 0 Å². The Balaban J connectivity index is 1.70. The molecule has 1 aliphatic heterocycles. The van der Waals surface area contributed by atoms with E-state index in [1.54, 1.807) is 0 Å². The summed E-state index contributed by atoms with van der Waals surface area (Å²) in [4.78, 5) is 6.81. The van der Waals surface area contributed by atoms with Crippen molar-refractivity contribution in [2.24, 2.45) is 11.7 Å². The molecule has 2 N–H and O–H groups in total. The molecule has 1 fully saturated rings. The van der Waals surface area contributed by atoms with Crippen molar-refractivity contribution in [3.8, 4) is 0 Å². The standard InChI is InChI=1S/C13H24N4/c1-12-15-6-9-17(12)11-10-16-7-3-13(2-5-14)4-8-16/h6,9,13H,2-5,7-8,10-11,14H2,1H3. The van der Waals surface area contributed by atoms with Gasteiger partial charge in [-0.2, -0.15) is 0 Å². The molecule has 0 unspecified atom stereocenters. The molecule has 17 heavy (non-hydrogen) atoms. The highest BCUT2D eigenvalue weighted by Gasteiger charge is 2.18. The third-order valence-electron chi connectivity index (χ3n) is 3.86. The van der Waals surface area contributed by atoms with E-state index in [1.165, 1.54) is 32.4 Å². The summed E-state index contributed by atoms with van der Waals surface area (Å²) in [6.45, 7) is 7.59. The lowest BCUT2D eigenvalue weighted by Gasteiger charge is -2.31. The van der Waals surface area contributed by atoms with Gasteiger partial charge < -0.3 is 15.2 Å². The van der Waals surface area contributed by atoms with E-state index in [4.69, 9.17) is 5.73 Å². The first-order valence-corrected chi connectivity index (χ1v) is 6.69. The van der Waals surface area contributed by atoms with Gasteiger partial charge in [-0.1, -0.05) is 0 Å². The number of nitrogens with two attached hydrogens (primary N) is 1. The number of piperidine rings is 1. The molecule has 0 saturated carbocycles. The number of likely N-dealkylation sites (tertiary alicyclic amines) is 1. The summed E-state index contributed by atoms with van der Waals surface area (Å²) in [6.07, 6.45) is 7.79. The van der Waals surface area contributed by atoms with Crippen molar-refractivity contribution in [3.05, 3.63) is 18.2 Å². The summed E-state index contributed by atoms with van der Waals surface area (Å²) in [6, 6.07) is 0. The van der Waals surface area contributed by atoms with Crippen LogP contribution in [0.15, 0.2) is 12.4 Å². The van der Waals surface area contributed by atoms with Crippen molar-refractivity contribution in [2.75, 3.05) is 26.2 Å². The fourth-order valence-corrected chi connectivity index (χ4v) is 2.62. The third kappa shape index (κ3) is 3.54. The Kier molecular flexibility index (Phi) is 4.57. The largest absolute Gasteiger partial charge is 0.334 e. The molecule has 1 aromatic rings. The van der Waals surface area contributed by atoms with Gasteiger partial charge >= 0.3 is 0 Å². The average molecular weight is 236 g/mol. The zero-order valence-corrected chi connectivity index (χ0v) is 10.8. The van der Waals surface area contributed by atoms with Crippen LogP contribution in [0.1, 0.15) is 25.1 Å². The number of nitrogens with zero attached hydrogens (tertiary/aromatic N) is 3. The zero-order valence-electron chi connectivity index (χ0n) is 10.8. The predicted octanol–water partition coefficient (Wildman–Crippen LogP) is 1.25. The van der Waals surface area contributed by atoms with Crippen molar-refractivity contribution in [1.29, 1.82) is 0 Å². The highest BCUT2D eigenvalue weighted by atomic mass is 15.2. The molecule has 1 aromatic heterocycles. The molecule has 0 spiro atoms. The Morgan fingerprint density at radius 3 is 2.71 bits per heavy atom. The second-order valence-corrected chi connectivity index (χ2v) is 5.03. The molecular formula is C13H24N4. The van der Waals surface area contributed by atoms with E-state index in [1.807, 2.05) is 6.20 Å². The van der Waals surface area contributed by atoms with E-state index in [2.05, 4.69) is 27.6 Å². The predicted molar refractivity (Wildman–Crippen MR) is 69.8 cm³/mol. The molecule has 4 nitrogen and oxygen atoms in total. The highest BCUT2D eigenvalue weighted by molar-refractivity contribution is 4.88. The van der Waals surface area contributed by atoms with Gasteiger partial charge in [0.05, 0.1) is 0 Å². The van der Waals surface area contributed by atoms with Gasteiger partial charge in [-0.25, -0.2) is 4.98 Å². The monoisotopic (exact) mass is 236 g/mol. The molecule has 96 valence electrons. The van der Waals surface area contributed by atoms with Gasteiger partial charge in [0.2, 0.25) is 0 Å². The van der Waals surface area contributed by atoms with E-state index in [0.717, 1.165) is 31.4 Å². The third-order valence-corrected chi connectivity index (χ3v) is 3.86. The number of aromatic nitrogens is 2. The molecule has 1 aliphatic rings. The minimum atomic E-state index is 0.846. The molecule has 0 aliphatic carbocycles. The number of hydrogen-bond acceptors (Lipinski definition) is 3. The molecule has 0 radical (unpaired) electrons. The van der Waals surface area contributed by atoms with Crippen LogP contribution in [0.25, 0.3) is 0 Å². The van der Waals surface area contributed by atoms with Crippen molar-refractivity contribution in [3.63, 3.8) is 0 Å². The number of imidazole rings is 1. The van der Waals surface area contributed by atoms with E-state index in [9.17, 15) is 0 Å². The quantitative estimate of drug-likeness (QED) is 0.837. The van der Waals surface area contributed by atoms with E-state index in [-0.39, 0.29) is 0 Å². The molecule has 0 aromatic carbocycles. The van der Waals surface area contributed by atoms with E-state index < -0.39 is 0 Å². The van der Waals surface area contributed by atoms with Gasteiger partial charge in [0, 0.05) is 25.5 Å². The first-order chi connectivity index (χ1) is 8.29. The lowest BCUT2D eigenvalue weighted by Crippen LogP contribution is -2.36. The Labute approximate surface area is 104 Å². The molecule has 1 saturated heterocycles. The Morgan fingerprint density at radius 1 is 1.35 bits per heavy atom. The first kappa shape index (κ1) is 12.6. The molecule has 2 rings (SSSR count).